The summed E-state index contributed by atoms with van der Waals surface area (Å²) in [5.74, 6) is 0. The molecule has 1 heterocycles. The molecule has 2 fully saturated rings. The summed E-state index contributed by atoms with van der Waals surface area (Å²) in [4.78, 5) is 13.4. The maximum absolute atomic E-state index is 11.8. The van der Waals surface area contributed by atoms with Crippen LogP contribution in [-0.4, -0.2) is 18.2 Å². The first-order valence-corrected chi connectivity index (χ1v) is 5.55. The maximum Gasteiger partial charge on any atom is 0.415 e. The molecular weight excluding hydrogens is 204 g/mol. The smallest absolute Gasteiger partial charge is 0.415 e. The predicted molar refractivity (Wildman–Crippen MR) is 61.3 cm³/mol. The number of carbonyl (C=O) groups is 1. The van der Waals surface area contributed by atoms with Crippen LogP contribution in [0, 0.1) is 0 Å². The minimum absolute atomic E-state index is 0.207. The average molecular weight is 218 g/mol. The number of nitrogens with two attached hydrogens (primary N) is 1. The van der Waals surface area contributed by atoms with Crippen molar-refractivity contribution < 1.29 is 9.53 Å². The highest BCUT2D eigenvalue weighted by Crippen LogP contribution is 2.42. The van der Waals surface area contributed by atoms with Crippen LogP contribution in [0.25, 0.3) is 0 Å². The van der Waals surface area contributed by atoms with Crippen LogP contribution in [0.15, 0.2) is 24.3 Å². The van der Waals surface area contributed by atoms with Crippen molar-refractivity contribution in [1.29, 1.82) is 0 Å². The van der Waals surface area contributed by atoms with Crippen LogP contribution in [0.4, 0.5) is 16.2 Å². The molecule has 84 valence electrons. The number of anilines is 2. The lowest BCUT2D eigenvalue weighted by Crippen LogP contribution is -2.41. The molecular formula is C12H14N2O2. The van der Waals surface area contributed by atoms with E-state index in [1.54, 1.807) is 11.0 Å². The number of benzene rings is 1. The molecule has 2 aliphatic rings. The molecule has 0 radical (unpaired) electrons. The molecule has 0 unspecified atom stereocenters. The van der Waals surface area contributed by atoms with Crippen LogP contribution in [0.3, 0.4) is 0 Å². The molecule has 0 atom stereocenters. The molecule has 2 N–H and O–H groups in total. The van der Waals surface area contributed by atoms with Crippen LogP contribution in [0.2, 0.25) is 0 Å². The van der Waals surface area contributed by atoms with Crippen molar-refractivity contribution in [2.45, 2.75) is 24.9 Å². The summed E-state index contributed by atoms with van der Waals surface area (Å²) >= 11 is 0. The highest BCUT2D eigenvalue weighted by Gasteiger charge is 2.49. The second kappa shape index (κ2) is 3.14. The van der Waals surface area contributed by atoms with Gasteiger partial charge in [-0.1, -0.05) is 6.07 Å². The molecule has 1 amide bonds. The number of hydrogen-bond donors (Lipinski definition) is 1. The van der Waals surface area contributed by atoms with Gasteiger partial charge in [-0.3, -0.25) is 4.90 Å². The van der Waals surface area contributed by atoms with Crippen LogP contribution in [0.5, 0.6) is 0 Å². The van der Waals surface area contributed by atoms with Gasteiger partial charge in [0, 0.05) is 11.4 Å². The fraction of sp³-hybridized carbons (Fsp3) is 0.417. The van der Waals surface area contributed by atoms with Gasteiger partial charge in [0.25, 0.3) is 0 Å². The predicted octanol–water partition coefficient (Wildman–Crippen LogP) is 2.15. The molecule has 1 aromatic rings. The van der Waals surface area contributed by atoms with E-state index in [4.69, 9.17) is 10.5 Å². The van der Waals surface area contributed by atoms with E-state index in [0.29, 0.717) is 12.2 Å². The fourth-order valence-electron chi connectivity index (χ4n) is 2.35. The Hall–Kier alpha value is -1.71. The Morgan fingerprint density at radius 2 is 2.19 bits per heavy atom. The largest absolute Gasteiger partial charge is 0.441 e. The summed E-state index contributed by atoms with van der Waals surface area (Å²) in [6.45, 7) is 0.662. The normalized spacial score (nSPS) is 22.0. The summed E-state index contributed by atoms with van der Waals surface area (Å²) in [6, 6.07) is 7.35. The van der Waals surface area contributed by atoms with E-state index >= 15 is 0 Å². The summed E-state index contributed by atoms with van der Waals surface area (Å²) in [5.41, 5.74) is 6.99. The number of amides is 1. The van der Waals surface area contributed by atoms with Crippen molar-refractivity contribution in [3.63, 3.8) is 0 Å². The van der Waals surface area contributed by atoms with Gasteiger partial charge < -0.3 is 10.5 Å². The second-order valence-electron chi connectivity index (χ2n) is 4.59. The van der Waals surface area contributed by atoms with Gasteiger partial charge in [0.1, 0.15) is 5.60 Å². The maximum atomic E-state index is 11.8. The number of ether oxygens (including phenoxy) is 1. The first-order chi connectivity index (χ1) is 7.69. The minimum Gasteiger partial charge on any atom is -0.441 e. The SMILES string of the molecule is Nc1cccc(N2CC3(CCC3)OC2=O)c1. The quantitative estimate of drug-likeness (QED) is 0.735. The molecule has 1 aliphatic carbocycles. The first kappa shape index (κ1) is 9.51. The van der Waals surface area contributed by atoms with Crippen LogP contribution in [-0.2, 0) is 4.74 Å². The third-order valence-electron chi connectivity index (χ3n) is 3.42. The summed E-state index contributed by atoms with van der Waals surface area (Å²) in [6.07, 6.45) is 2.87. The zero-order valence-corrected chi connectivity index (χ0v) is 8.98. The van der Waals surface area contributed by atoms with Crippen molar-refractivity contribution in [2.75, 3.05) is 17.2 Å². The van der Waals surface area contributed by atoms with Crippen molar-refractivity contribution in [3.8, 4) is 0 Å². The standard InChI is InChI=1S/C12H14N2O2/c13-9-3-1-4-10(7-9)14-8-12(5-2-6-12)16-11(14)15/h1,3-4,7H,2,5-6,8,13H2. The summed E-state index contributed by atoms with van der Waals surface area (Å²) < 4.78 is 5.44. The van der Waals surface area contributed by atoms with Gasteiger partial charge in [-0.25, -0.2) is 4.79 Å². The average Bonchev–Trinajstić information content (AvgIpc) is 2.56. The Morgan fingerprint density at radius 1 is 1.38 bits per heavy atom. The van der Waals surface area contributed by atoms with Crippen LogP contribution < -0.4 is 10.6 Å². The van der Waals surface area contributed by atoms with Crippen molar-refractivity contribution in [3.05, 3.63) is 24.3 Å². The Bertz CT molecular complexity index is 440. The Labute approximate surface area is 94.0 Å². The molecule has 4 heteroatoms. The summed E-state index contributed by atoms with van der Waals surface area (Å²) in [5, 5.41) is 0. The van der Waals surface area contributed by atoms with E-state index in [1.165, 1.54) is 0 Å². The van der Waals surface area contributed by atoms with Crippen LogP contribution >= 0.6 is 0 Å². The van der Waals surface area contributed by atoms with E-state index in [2.05, 4.69) is 0 Å². The van der Waals surface area contributed by atoms with E-state index in [9.17, 15) is 4.79 Å². The monoisotopic (exact) mass is 218 g/mol. The van der Waals surface area contributed by atoms with Gasteiger partial charge in [-0.2, -0.15) is 0 Å². The molecule has 4 nitrogen and oxygen atoms in total. The van der Waals surface area contributed by atoms with Crippen LogP contribution in [0.1, 0.15) is 19.3 Å². The molecule has 1 saturated heterocycles. The van der Waals surface area contributed by atoms with Crippen molar-refractivity contribution in [1.82, 2.24) is 0 Å². The van der Waals surface area contributed by atoms with E-state index in [-0.39, 0.29) is 11.7 Å². The molecule has 0 bridgehead atoms. The topological polar surface area (TPSA) is 55.6 Å². The third-order valence-corrected chi connectivity index (χ3v) is 3.42. The number of hydrogen-bond acceptors (Lipinski definition) is 3. The van der Waals surface area contributed by atoms with E-state index in [0.717, 1.165) is 24.9 Å². The zero-order valence-electron chi connectivity index (χ0n) is 8.98. The molecule has 16 heavy (non-hydrogen) atoms. The van der Waals surface area contributed by atoms with Gasteiger partial charge in [-0.05, 0) is 37.5 Å². The van der Waals surface area contributed by atoms with E-state index in [1.807, 2.05) is 18.2 Å². The Balaban J connectivity index is 1.88. The van der Waals surface area contributed by atoms with Gasteiger partial charge in [0.15, 0.2) is 0 Å². The molecule has 3 rings (SSSR count). The zero-order chi connectivity index (χ0) is 11.2. The molecule has 1 spiro atoms. The van der Waals surface area contributed by atoms with Gasteiger partial charge in [0.2, 0.25) is 0 Å². The number of rotatable bonds is 1. The first-order valence-electron chi connectivity index (χ1n) is 5.55. The van der Waals surface area contributed by atoms with E-state index < -0.39 is 0 Å². The molecule has 1 aromatic carbocycles. The highest BCUT2D eigenvalue weighted by molar-refractivity contribution is 5.91. The minimum atomic E-state index is -0.245. The molecule has 0 aromatic heterocycles. The molecule has 1 saturated carbocycles. The van der Waals surface area contributed by atoms with Gasteiger partial charge in [-0.15, -0.1) is 0 Å². The van der Waals surface area contributed by atoms with Crippen molar-refractivity contribution >= 4 is 17.5 Å². The molecule has 1 aliphatic heterocycles. The lowest BCUT2D eigenvalue weighted by molar-refractivity contribution is -0.00649. The summed E-state index contributed by atoms with van der Waals surface area (Å²) in [7, 11) is 0. The lowest BCUT2D eigenvalue weighted by Gasteiger charge is -2.35. The fourth-order valence-corrected chi connectivity index (χ4v) is 2.35. The lowest BCUT2D eigenvalue weighted by atomic mass is 9.80. The van der Waals surface area contributed by atoms with Gasteiger partial charge in [0.05, 0.1) is 6.54 Å². The number of carbonyl (C=O) groups excluding carboxylic acids is 1. The van der Waals surface area contributed by atoms with Crippen molar-refractivity contribution in [2.24, 2.45) is 0 Å². The highest BCUT2D eigenvalue weighted by atomic mass is 16.6. The van der Waals surface area contributed by atoms with Gasteiger partial charge >= 0.3 is 6.09 Å². The Morgan fingerprint density at radius 3 is 2.75 bits per heavy atom. The Kier molecular flexibility index (Phi) is 1.87. The second-order valence-corrected chi connectivity index (χ2v) is 4.59. The number of nitrogens with zero attached hydrogens (tertiary/aromatic N) is 1. The number of nitrogen functional groups attached to an aromatic ring is 1. The third kappa shape index (κ3) is 1.33.